The Morgan fingerprint density at radius 3 is 2.47 bits per heavy atom. The van der Waals surface area contributed by atoms with E-state index in [2.05, 4.69) is 12.1 Å². The van der Waals surface area contributed by atoms with Crippen LogP contribution in [0.1, 0.15) is 27.6 Å². The van der Waals surface area contributed by atoms with Crippen molar-refractivity contribution in [3.8, 4) is 0 Å². The summed E-state index contributed by atoms with van der Waals surface area (Å²) in [6, 6.07) is 14.1. The summed E-state index contributed by atoms with van der Waals surface area (Å²) in [4.78, 5) is -0.323. The molecule has 1 fully saturated rings. The van der Waals surface area contributed by atoms with Crippen LogP contribution in [0.2, 0.25) is 0 Å². The van der Waals surface area contributed by atoms with Crippen LogP contribution in [0.5, 0.6) is 0 Å². The fourth-order valence-electron chi connectivity index (χ4n) is 4.40. The average molecular weight is 450 g/mol. The highest BCUT2D eigenvalue weighted by Crippen LogP contribution is 2.46. The zero-order valence-electron chi connectivity index (χ0n) is 15.8. The van der Waals surface area contributed by atoms with E-state index in [1.165, 1.54) is 38.6 Å². The first-order valence-corrected chi connectivity index (χ1v) is 12.1. The first-order chi connectivity index (χ1) is 14.3. The van der Waals surface area contributed by atoms with Crippen molar-refractivity contribution in [3.63, 3.8) is 0 Å². The van der Waals surface area contributed by atoms with Crippen molar-refractivity contribution >= 4 is 32.6 Å². The third-order valence-electron chi connectivity index (χ3n) is 5.79. The first kappa shape index (κ1) is 19.9. The largest absolute Gasteiger partial charge is 0.416 e. The van der Waals surface area contributed by atoms with E-state index >= 15 is 0 Å². The molecule has 0 N–H and O–H groups in total. The Morgan fingerprint density at radius 2 is 1.70 bits per heavy atom. The molecule has 30 heavy (non-hydrogen) atoms. The molecule has 1 heterocycles. The molecule has 0 bridgehead atoms. The number of sulfonamides is 1. The van der Waals surface area contributed by atoms with Crippen molar-refractivity contribution in [2.75, 3.05) is 12.3 Å². The maximum absolute atomic E-state index is 13.3. The first-order valence-electron chi connectivity index (χ1n) is 9.61. The molecule has 156 valence electrons. The highest BCUT2D eigenvalue weighted by Gasteiger charge is 2.39. The maximum atomic E-state index is 13.3. The molecule has 5 rings (SSSR count). The van der Waals surface area contributed by atoms with Gasteiger partial charge in [0.25, 0.3) is 0 Å². The van der Waals surface area contributed by atoms with Gasteiger partial charge in [-0.05, 0) is 58.5 Å². The quantitative estimate of drug-likeness (QED) is 0.538. The number of alkyl halides is 3. The predicted octanol–water partition coefficient (Wildman–Crippen LogP) is 5.39. The highest BCUT2D eigenvalue weighted by molar-refractivity contribution is 8.01. The lowest BCUT2D eigenvalue weighted by atomic mass is 10.00. The Bertz CT molecular complexity index is 1240. The van der Waals surface area contributed by atoms with Gasteiger partial charge in [-0.25, -0.2) is 8.42 Å². The second kappa shape index (κ2) is 7.00. The number of rotatable bonds is 3. The van der Waals surface area contributed by atoms with Crippen LogP contribution in [0.3, 0.4) is 0 Å². The van der Waals surface area contributed by atoms with Crippen LogP contribution in [0, 0.1) is 0 Å². The van der Waals surface area contributed by atoms with Crippen LogP contribution >= 0.6 is 11.8 Å². The topological polar surface area (TPSA) is 37.4 Å². The molecule has 3 aromatic carbocycles. The number of nitrogens with zero attached hydrogens (tertiary/aromatic N) is 1. The Hall–Kier alpha value is -2.03. The second-order valence-electron chi connectivity index (χ2n) is 7.52. The Labute approximate surface area is 176 Å². The molecule has 1 atom stereocenters. The Balaban J connectivity index is 1.59. The Kier molecular flexibility index (Phi) is 4.65. The van der Waals surface area contributed by atoms with Gasteiger partial charge in [-0.15, -0.1) is 11.8 Å². The molecule has 0 radical (unpaired) electrons. The van der Waals surface area contributed by atoms with Gasteiger partial charge in [0.2, 0.25) is 10.0 Å². The van der Waals surface area contributed by atoms with Crippen molar-refractivity contribution in [1.82, 2.24) is 4.31 Å². The van der Waals surface area contributed by atoms with Gasteiger partial charge >= 0.3 is 6.18 Å². The highest BCUT2D eigenvalue weighted by atomic mass is 32.2. The number of halogens is 3. The number of hydrogen-bond donors (Lipinski definition) is 0. The molecule has 2 aliphatic rings. The van der Waals surface area contributed by atoms with E-state index < -0.39 is 27.1 Å². The average Bonchev–Trinajstić information content (AvgIpc) is 3.37. The summed E-state index contributed by atoms with van der Waals surface area (Å²) in [7, 11) is -4.08. The molecule has 1 unspecified atom stereocenters. The van der Waals surface area contributed by atoms with Crippen LogP contribution in [-0.4, -0.2) is 25.0 Å². The smallest absolute Gasteiger partial charge is 0.207 e. The van der Waals surface area contributed by atoms with E-state index in [-0.39, 0.29) is 11.4 Å². The molecular weight excluding hydrogens is 431 g/mol. The van der Waals surface area contributed by atoms with Gasteiger partial charge in [0, 0.05) is 12.3 Å². The predicted molar refractivity (Wildman–Crippen MR) is 112 cm³/mol. The number of aryl methyl sites for hydroxylation is 2. The van der Waals surface area contributed by atoms with Crippen LogP contribution in [0.15, 0.2) is 59.5 Å². The van der Waals surface area contributed by atoms with Crippen LogP contribution in [0.25, 0.3) is 10.8 Å². The molecule has 3 nitrogen and oxygen atoms in total. The summed E-state index contributed by atoms with van der Waals surface area (Å²) in [6.07, 6.45) is -2.65. The third-order valence-corrected chi connectivity index (χ3v) is 9.03. The summed E-state index contributed by atoms with van der Waals surface area (Å²) in [6.45, 7) is 0.261. The SMILES string of the molecule is O=S(=O)(c1cccc(C(F)(F)F)c1)N1CCSC1c1ccc2c3c(cccc13)CC2. The van der Waals surface area contributed by atoms with Crippen LogP contribution < -0.4 is 0 Å². The van der Waals surface area contributed by atoms with Gasteiger partial charge in [0.1, 0.15) is 0 Å². The van der Waals surface area contributed by atoms with Gasteiger partial charge in [-0.3, -0.25) is 0 Å². The van der Waals surface area contributed by atoms with Gasteiger partial charge in [-0.2, -0.15) is 17.5 Å². The third kappa shape index (κ3) is 3.13. The summed E-state index contributed by atoms with van der Waals surface area (Å²) in [5.74, 6) is 0.589. The monoisotopic (exact) mass is 449 g/mol. The standard InChI is InChI=1S/C22H18F3NO2S2/c23-22(24,25)16-4-2-5-17(13-16)30(27,28)26-11-12-29-21(26)19-10-9-15-8-7-14-3-1-6-18(19)20(14)15/h1-6,9-10,13,21H,7-8,11-12H2. The lowest BCUT2D eigenvalue weighted by molar-refractivity contribution is -0.137. The van der Waals surface area contributed by atoms with E-state index in [1.807, 2.05) is 18.2 Å². The zero-order chi connectivity index (χ0) is 21.1. The normalized spacial score (nSPS) is 19.6. The van der Waals surface area contributed by atoms with Gasteiger partial charge in [0.05, 0.1) is 15.8 Å². The zero-order valence-corrected chi connectivity index (χ0v) is 17.4. The molecule has 0 saturated carbocycles. The molecule has 0 aromatic heterocycles. The minimum atomic E-state index is -4.59. The molecule has 1 aliphatic carbocycles. The van der Waals surface area contributed by atoms with Crippen molar-refractivity contribution in [2.45, 2.75) is 29.3 Å². The van der Waals surface area contributed by atoms with E-state index in [4.69, 9.17) is 0 Å². The summed E-state index contributed by atoms with van der Waals surface area (Å²) >= 11 is 1.51. The maximum Gasteiger partial charge on any atom is 0.416 e. The fourth-order valence-corrected chi connectivity index (χ4v) is 7.71. The fraction of sp³-hybridized carbons (Fsp3) is 0.273. The summed E-state index contributed by atoms with van der Waals surface area (Å²) < 4.78 is 67.3. The minimum Gasteiger partial charge on any atom is -0.207 e. The lowest BCUT2D eigenvalue weighted by Crippen LogP contribution is -2.30. The molecule has 0 amide bonds. The van der Waals surface area contributed by atoms with Gasteiger partial charge in [-0.1, -0.05) is 36.4 Å². The van der Waals surface area contributed by atoms with E-state index in [1.54, 1.807) is 0 Å². The number of benzene rings is 3. The number of hydrogen-bond acceptors (Lipinski definition) is 3. The van der Waals surface area contributed by atoms with Crippen molar-refractivity contribution < 1.29 is 21.6 Å². The van der Waals surface area contributed by atoms with Crippen molar-refractivity contribution in [2.24, 2.45) is 0 Å². The number of thioether (sulfide) groups is 1. The lowest BCUT2D eigenvalue weighted by Gasteiger charge is -2.25. The molecule has 3 aromatic rings. The second-order valence-corrected chi connectivity index (χ2v) is 10.6. The van der Waals surface area contributed by atoms with E-state index in [9.17, 15) is 21.6 Å². The molecule has 0 spiro atoms. The molecule has 1 saturated heterocycles. The Morgan fingerprint density at radius 1 is 0.967 bits per heavy atom. The minimum absolute atomic E-state index is 0.261. The summed E-state index contributed by atoms with van der Waals surface area (Å²) in [5.41, 5.74) is 2.46. The van der Waals surface area contributed by atoms with Crippen LogP contribution in [-0.2, 0) is 29.0 Å². The molecule has 1 aliphatic heterocycles. The molecule has 8 heteroatoms. The van der Waals surface area contributed by atoms with Crippen molar-refractivity contribution in [3.05, 3.63) is 76.9 Å². The van der Waals surface area contributed by atoms with Gasteiger partial charge in [0.15, 0.2) is 0 Å². The van der Waals surface area contributed by atoms with E-state index in [0.717, 1.165) is 42.0 Å². The van der Waals surface area contributed by atoms with Crippen molar-refractivity contribution in [1.29, 1.82) is 0 Å². The van der Waals surface area contributed by atoms with Gasteiger partial charge < -0.3 is 0 Å². The summed E-state index contributed by atoms with van der Waals surface area (Å²) in [5, 5.41) is 1.76. The molecular formula is C22H18F3NO2S2. The van der Waals surface area contributed by atoms with E-state index in [0.29, 0.717) is 5.75 Å². The van der Waals surface area contributed by atoms with Crippen LogP contribution in [0.4, 0.5) is 13.2 Å².